The predicted octanol–water partition coefficient (Wildman–Crippen LogP) is 13.0. The van der Waals surface area contributed by atoms with Crippen molar-refractivity contribution in [3.63, 3.8) is 0 Å². The van der Waals surface area contributed by atoms with Gasteiger partial charge in [0.15, 0.2) is 17.5 Å². The molecule has 0 aliphatic carbocycles. The van der Waals surface area contributed by atoms with Crippen LogP contribution >= 0.6 is 0 Å². The molecule has 12 rings (SSSR count). The smallest absolute Gasteiger partial charge is 0.166 e. The first kappa shape index (κ1) is 31.5. The summed E-state index contributed by atoms with van der Waals surface area (Å²) in [7, 11) is 0. The van der Waals surface area contributed by atoms with Gasteiger partial charge in [0.2, 0.25) is 0 Å². The van der Waals surface area contributed by atoms with E-state index >= 15 is 0 Å². The van der Waals surface area contributed by atoms with Crippen molar-refractivity contribution in [3.05, 3.63) is 188 Å². The number of rotatable bonds is 5. The van der Waals surface area contributed by atoms with Crippen LogP contribution in [0.3, 0.4) is 0 Å². The molecule has 4 heterocycles. The van der Waals surface area contributed by atoms with Gasteiger partial charge < -0.3 is 13.6 Å². The lowest BCUT2D eigenvalue weighted by molar-refractivity contribution is 0.669. The molecule has 4 aromatic heterocycles. The first-order valence-electron chi connectivity index (χ1n) is 19.1. The first-order chi connectivity index (χ1) is 28.3. The highest BCUT2D eigenvalue weighted by Crippen LogP contribution is 2.41. The van der Waals surface area contributed by atoms with Gasteiger partial charge in [-0.1, -0.05) is 133 Å². The van der Waals surface area contributed by atoms with Gasteiger partial charge in [-0.2, -0.15) is 0 Å². The maximum Gasteiger partial charge on any atom is 0.166 e. The second-order valence-corrected chi connectivity index (χ2v) is 14.4. The van der Waals surface area contributed by atoms with Crippen molar-refractivity contribution in [2.75, 3.05) is 0 Å². The topological polar surface area (TPSA) is 61.7 Å². The van der Waals surface area contributed by atoms with Crippen LogP contribution in [0.1, 0.15) is 0 Å². The van der Waals surface area contributed by atoms with E-state index < -0.39 is 0 Å². The molecule has 0 amide bonds. The summed E-state index contributed by atoms with van der Waals surface area (Å²) in [6.45, 7) is 0. The molecule has 0 unspecified atom stereocenters. The maximum absolute atomic E-state index is 6.39. The van der Waals surface area contributed by atoms with Crippen molar-refractivity contribution >= 4 is 65.6 Å². The molecule has 6 nitrogen and oxygen atoms in total. The second-order valence-electron chi connectivity index (χ2n) is 14.4. The second kappa shape index (κ2) is 12.3. The summed E-state index contributed by atoms with van der Waals surface area (Å²) in [6.07, 6.45) is 0. The van der Waals surface area contributed by atoms with E-state index in [0.29, 0.717) is 17.5 Å². The SMILES string of the molecule is c1ccc(-c2nc(-c3ccccc3)nc(-c3cc(-n4c5ccccc5c5cc6oc7ccccc7c6cc54)ccc3-n3c4ccccc4c4ccccc43)n2)cc1. The van der Waals surface area contributed by atoms with Gasteiger partial charge in [-0.25, -0.2) is 15.0 Å². The van der Waals surface area contributed by atoms with Crippen LogP contribution in [0.5, 0.6) is 0 Å². The molecule has 0 aliphatic rings. The Morgan fingerprint density at radius 2 is 0.842 bits per heavy atom. The van der Waals surface area contributed by atoms with Gasteiger partial charge in [-0.05, 0) is 54.6 Å². The highest BCUT2D eigenvalue weighted by atomic mass is 16.3. The number of hydrogen-bond acceptors (Lipinski definition) is 4. The molecule has 57 heavy (non-hydrogen) atoms. The summed E-state index contributed by atoms with van der Waals surface area (Å²) >= 11 is 0. The van der Waals surface area contributed by atoms with Gasteiger partial charge in [-0.15, -0.1) is 0 Å². The fraction of sp³-hybridized carbons (Fsp3) is 0. The Kier molecular flexibility index (Phi) is 6.83. The van der Waals surface area contributed by atoms with Gasteiger partial charge >= 0.3 is 0 Å². The Morgan fingerprint density at radius 3 is 1.47 bits per heavy atom. The zero-order chi connectivity index (χ0) is 37.5. The van der Waals surface area contributed by atoms with Crippen LogP contribution in [-0.4, -0.2) is 24.1 Å². The summed E-state index contributed by atoms with van der Waals surface area (Å²) in [5, 5.41) is 6.84. The van der Waals surface area contributed by atoms with Crippen LogP contribution in [0, 0.1) is 0 Å². The molecular formula is C51H31N5O. The molecule has 0 saturated heterocycles. The Labute approximate surface area is 326 Å². The molecule has 0 spiro atoms. The fourth-order valence-electron chi connectivity index (χ4n) is 8.61. The van der Waals surface area contributed by atoms with Crippen LogP contribution in [0.25, 0.3) is 111 Å². The van der Waals surface area contributed by atoms with Crippen molar-refractivity contribution in [3.8, 4) is 45.5 Å². The molecule has 266 valence electrons. The zero-order valence-electron chi connectivity index (χ0n) is 30.5. The zero-order valence-corrected chi connectivity index (χ0v) is 30.5. The third kappa shape index (κ3) is 4.87. The standard InChI is InChI=1S/C51H31N5O/c1-3-15-32(16-4-1)49-52-50(33-17-5-2-6-18-33)54-51(53-49)41-29-34(27-28-45(41)56-43-24-12-7-19-35(43)36-20-8-13-25-44(36)56)55-42-23-11-9-21-37(42)39-31-48-40(30-46(39)55)38-22-10-14-26-47(38)57-48/h1-31H. The van der Waals surface area contributed by atoms with E-state index in [9.17, 15) is 0 Å². The monoisotopic (exact) mass is 729 g/mol. The Balaban J connectivity index is 1.20. The van der Waals surface area contributed by atoms with Crippen molar-refractivity contribution in [1.29, 1.82) is 0 Å². The largest absolute Gasteiger partial charge is 0.456 e. The molecule has 0 fully saturated rings. The highest BCUT2D eigenvalue weighted by molar-refractivity contribution is 6.17. The molecule has 0 saturated carbocycles. The van der Waals surface area contributed by atoms with Crippen molar-refractivity contribution in [1.82, 2.24) is 24.1 Å². The average Bonchev–Trinajstić information content (AvgIpc) is 3.93. The number of aromatic nitrogens is 5. The molecule has 6 heteroatoms. The molecule has 0 radical (unpaired) electrons. The Hall–Kier alpha value is -7.83. The Bertz CT molecular complexity index is 3410. The van der Waals surface area contributed by atoms with Crippen LogP contribution in [0.15, 0.2) is 192 Å². The predicted molar refractivity (Wildman–Crippen MR) is 232 cm³/mol. The number of nitrogens with zero attached hydrogens (tertiary/aromatic N) is 5. The Morgan fingerprint density at radius 1 is 0.333 bits per heavy atom. The lowest BCUT2D eigenvalue weighted by Gasteiger charge is -2.17. The summed E-state index contributed by atoms with van der Waals surface area (Å²) in [4.78, 5) is 15.6. The minimum absolute atomic E-state index is 0.588. The van der Waals surface area contributed by atoms with Gasteiger partial charge in [0, 0.05) is 54.7 Å². The van der Waals surface area contributed by atoms with E-state index in [1.54, 1.807) is 0 Å². The van der Waals surface area contributed by atoms with E-state index in [2.05, 4.69) is 149 Å². The normalized spacial score (nSPS) is 11.9. The van der Waals surface area contributed by atoms with E-state index in [4.69, 9.17) is 19.4 Å². The van der Waals surface area contributed by atoms with E-state index in [0.717, 1.165) is 82.8 Å². The number of fused-ring (bicyclic) bond motifs is 9. The van der Waals surface area contributed by atoms with Crippen LogP contribution in [-0.2, 0) is 0 Å². The van der Waals surface area contributed by atoms with Crippen LogP contribution in [0.2, 0.25) is 0 Å². The summed E-state index contributed by atoms with van der Waals surface area (Å²) < 4.78 is 11.1. The van der Waals surface area contributed by atoms with Gasteiger partial charge in [0.05, 0.1) is 27.8 Å². The lowest BCUT2D eigenvalue weighted by Crippen LogP contribution is -2.05. The summed E-state index contributed by atoms with van der Waals surface area (Å²) in [5.41, 5.74) is 10.9. The maximum atomic E-state index is 6.39. The summed E-state index contributed by atoms with van der Waals surface area (Å²) in [6, 6.07) is 65.6. The van der Waals surface area contributed by atoms with Gasteiger partial charge in [0.25, 0.3) is 0 Å². The van der Waals surface area contributed by atoms with Gasteiger partial charge in [0.1, 0.15) is 11.2 Å². The molecule has 0 N–H and O–H groups in total. The van der Waals surface area contributed by atoms with Crippen molar-refractivity contribution in [2.45, 2.75) is 0 Å². The fourth-order valence-corrected chi connectivity index (χ4v) is 8.61. The molecule has 0 aliphatic heterocycles. The van der Waals surface area contributed by atoms with E-state index in [-0.39, 0.29) is 0 Å². The number of hydrogen-bond donors (Lipinski definition) is 0. The molecule has 0 bridgehead atoms. The first-order valence-corrected chi connectivity index (χ1v) is 19.1. The highest BCUT2D eigenvalue weighted by Gasteiger charge is 2.22. The van der Waals surface area contributed by atoms with Crippen molar-refractivity contribution in [2.24, 2.45) is 0 Å². The molecule has 12 aromatic rings. The van der Waals surface area contributed by atoms with E-state index in [1.165, 1.54) is 10.8 Å². The molecule has 0 atom stereocenters. The quantitative estimate of drug-likeness (QED) is 0.177. The third-order valence-electron chi connectivity index (χ3n) is 11.2. The number of benzene rings is 8. The van der Waals surface area contributed by atoms with Gasteiger partial charge in [-0.3, -0.25) is 0 Å². The number of para-hydroxylation sites is 4. The van der Waals surface area contributed by atoms with E-state index in [1.807, 2.05) is 48.5 Å². The third-order valence-corrected chi connectivity index (χ3v) is 11.2. The molecular weight excluding hydrogens is 699 g/mol. The minimum atomic E-state index is 0.588. The number of furan rings is 1. The van der Waals surface area contributed by atoms with Crippen molar-refractivity contribution < 1.29 is 4.42 Å². The van der Waals surface area contributed by atoms with Crippen LogP contribution in [0.4, 0.5) is 0 Å². The minimum Gasteiger partial charge on any atom is -0.456 e. The molecule has 8 aromatic carbocycles. The summed E-state index contributed by atoms with van der Waals surface area (Å²) in [5.74, 6) is 1.82. The lowest BCUT2D eigenvalue weighted by atomic mass is 10.1. The average molecular weight is 730 g/mol. The van der Waals surface area contributed by atoms with Crippen LogP contribution < -0.4 is 0 Å².